The molecular formula is C23H18N2O5S. The second-order valence-corrected chi connectivity index (χ2v) is 7.70. The van der Waals surface area contributed by atoms with Gasteiger partial charge in [-0.3, -0.25) is 19.7 Å². The molecule has 0 aliphatic carbocycles. The van der Waals surface area contributed by atoms with E-state index < -0.39 is 0 Å². The largest absolute Gasteiger partial charge is 0.497 e. The molecule has 0 spiro atoms. The zero-order valence-electron chi connectivity index (χ0n) is 16.5. The number of nitrogens with one attached hydrogen (secondary N) is 2. The lowest BCUT2D eigenvalue weighted by atomic mass is 10.1. The van der Waals surface area contributed by atoms with Crippen molar-refractivity contribution in [1.29, 1.82) is 0 Å². The summed E-state index contributed by atoms with van der Waals surface area (Å²) in [5, 5.41) is 6.50. The van der Waals surface area contributed by atoms with Crippen LogP contribution in [0.3, 0.4) is 0 Å². The Kier molecular flexibility index (Phi) is 5.90. The number of amides is 3. The summed E-state index contributed by atoms with van der Waals surface area (Å²) in [5.74, 6) is 0.556. The van der Waals surface area contributed by atoms with E-state index in [0.717, 1.165) is 28.1 Å². The molecule has 1 saturated heterocycles. The molecule has 3 aromatic rings. The number of thioether (sulfide) groups is 1. The standard InChI is InChI=1S/C23H18N2O5S/c1-29-18-4-2-3-17(12-18)24-21(26)13-30-19-8-7-15-9-14(5-6-16(15)11-19)10-20-22(27)25-23(28)31-20/h2-12H,13H2,1H3,(H,24,26)(H,25,27,28)/b20-10+. The van der Waals surface area contributed by atoms with Gasteiger partial charge in [0.25, 0.3) is 17.1 Å². The molecule has 2 N–H and O–H groups in total. The van der Waals surface area contributed by atoms with Crippen LogP contribution in [0.1, 0.15) is 5.56 Å². The zero-order chi connectivity index (χ0) is 21.8. The van der Waals surface area contributed by atoms with Gasteiger partial charge in [0.2, 0.25) is 0 Å². The van der Waals surface area contributed by atoms with Gasteiger partial charge < -0.3 is 14.8 Å². The summed E-state index contributed by atoms with van der Waals surface area (Å²) >= 11 is 0.885. The van der Waals surface area contributed by atoms with Crippen LogP contribution < -0.4 is 20.1 Å². The first-order chi connectivity index (χ1) is 15.0. The molecule has 156 valence electrons. The van der Waals surface area contributed by atoms with Gasteiger partial charge in [0.1, 0.15) is 11.5 Å². The van der Waals surface area contributed by atoms with E-state index in [2.05, 4.69) is 10.6 Å². The maximum absolute atomic E-state index is 12.2. The SMILES string of the molecule is COc1cccc(NC(=O)COc2ccc3cc(/C=C4/SC(=O)NC4=O)ccc3c2)c1. The van der Waals surface area contributed by atoms with Gasteiger partial charge in [-0.2, -0.15) is 0 Å². The average Bonchev–Trinajstić information content (AvgIpc) is 3.08. The molecule has 0 aromatic heterocycles. The average molecular weight is 434 g/mol. The van der Waals surface area contributed by atoms with Crippen LogP contribution in [0.2, 0.25) is 0 Å². The van der Waals surface area contributed by atoms with E-state index in [1.165, 1.54) is 0 Å². The molecule has 0 radical (unpaired) electrons. The molecule has 0 atom stereocenters. The van der Waals surface area contributed by atoms with Crippen molar-refractivity contribution >= 4 is 51.4 Å². The molecule has 0 bridgehead atoms. The minimum absolute atomic E-state index is 0.132. The fraction of sp³-hybridized carbons (Fsp3) is 0.0870. The number of imide groups is 1. The molecule has 7 nitrogen and oxygen atoms in total. The predicted octanol–water partition coefficient (Wildman–Crippen LogP) is 4.19. The van der Waals surface area contributed by atoms with Crippen molar-refractivity contribution in [3.8, 4) is 11.5 Å². The van der Waals surface area contributed by atoms with E-state index in [-0.39, 0.29) is 23.7 Å². The van der Waals surface area contributed by atoms with Gasteiger partial charge in [-0.1, -0.05) is 24.3 Å². The number of rotatable bonds is 6. The fourth-order valence-corrected chi connectivity index (χ4v) is 3.72. The Balaban J connectivity index is 1.41. The lowest BCUT2D eigenvalue weighted by Gasteiger charge is -2.09. The predicted molar refractivity (Wildman–Crippen MR) is 120 cm³/mol. The highest BCUT2D eigenvalue weighted by Gasteiger charge is 2.24. The normalized spacial score (nSPS) is 14.5. The molecular weight excluding hydrogens is 416 g/mol. The van der Waals surface area contributed by atoms with Crippen LogP contribution >= 0.6 is 11.8 Å². The summed E-state index contributed by atoms with van der Waals surface area (Å²) in [6.45, 7) is -0.132. The van der Waals surface area contributed by atoms with Crippen molar-refractivity contribution in [2.75, 3.05) is 19.0 Å². The van der Waals surface area contributed by atoms with Gasteiger partial charge in [0.05, 0.1) is 12.0 Å². The number of ether oxygens (including phenoxy) is 2. The summed E-state index contributed by atoms with van der Waals surface area (Å²) < 4.78 is 10.8. The Labute approximate surface area is 182 Å². The second kappa shape index (κ2) is 8.93. The molecule has 4 rings (SSSR count). The number of methoxy groups -OCH3 is 1. The van der Waals surface area contributed by atoms with Crippen molar-refractivity contribution < 1.29 is 23.9 Å². The molecule has 0 saturated carbocycles. The molecule has 3 amide bonds. The van der Waals surface area contributed by atoms with Crippen molar-refractivity contribution in [2.45, 2.75) is 0 Å². The molecule has 1 heterocycles. The van der Waals surface area contributed by atoms with Gasteiger partial charge in [-0.25, -0.2) is 0 Å². The Hall–Kier alpha value is -3.78. The van der Waals surface area contributed by atoms with E-state index in [4.69, 9.17) is 9.47 Å². The topological polar surface area (TPSA) is 93.7 Å². The lowest BCUT2D eigenvalue weighted by Crippen LogP contribution is -2.20. The molecule has 8 heteroatoms. The van der Waals surface area contributed by atoms with Gasteiger partial charge in [-0.05, 0) is 64.5 Å². The molecule has 31 heavy (non-hydrogen) atoms. The third-order valence-electron chi connectivity index (χ3n) is 4.50. The number of carbonyl (C=O) groups is 3. The van der Waals surface area contributed by atoms with Crippen LogP contribution in [0.5, 0.6) is 11.5 Å². The zero-order valence-corrected chi connectivity index (χ0v) is 17.3. The van der Waals surface area contributed by atoms with Crippen molar-refractivity contribution in [3.63, 3.8) is 0 Å². The van der Waals surface area contributed by atoms with E-state index in [1.807, 2.05) is 30.3 Å². The highest BCUT2D eigenvalue weighted by Crippen LogP contribution is 2.28. The van der Waals surface area contributed by atoms with Crippen LogP contribution in [-0.4, -0.2) is 30.8 Å². The van der Waals surface area contributed by atoms with E-state index in [0.29, 0.717) is 22.1 Å². The van der Waals surface area contributed by atoms with Crippen molar-refractivity contribution in [3.05, 3.63) is 71.1 Å². The summed E-state index contributed by atoms with van der Waals surface area (Å²) in [7, 11) is 1.56. The van der Waals surface area contributed by atoms with E-state index >= 15 is 0 Å². The van der Waals surface area contributed by atoms with Crippen LogP contribution in [0.4, 0.5) is 10.5 Å². The number of benzene rings is 3. The Bertz CT molecular complexity index is 1220. The van der Waals surface area contributed by atoms with E-state index in [1.54, 1.807) is 43.5 Å². The van der Waals surface area contributed by atoms with Gasteiger partial charge >= 0.3 is 0 Å². The number of anilines is 1. The molecule has 1 fully saturated rings. The molecule has 1 aliphatic rings. The summed E-state index contributed by atoms with van der Waals surface area (Å²) in [6.07, 6.45) is 1.68. The first-order valence-corrected chi connectivity index (χ1v) is 10.2. The van der Waals surface area contributed by atoms with E-state index in [9.17, 15) is 14.4 Å². The van der Waals surface area contributed by atoms with Gasteiger partial charge in [0.15, 0.2) is 6.61 Å². The van der Waals surface area contributed by atoms with Gasteiger partial charge in [0, 0.05) is 11.8 Å². The smallest absolute Gasteiger partial charge is 0.290 e. The second-order valence-electron chi connectivity index (χ2n) is 6.69. The molecule has 3 aromatic carbocycles. The van der Waals surface area contributed by atoms with Crippen molar-refractivity contribution in [1.82, 2.24) is 5.32 Å². The number of carbonyl (C=O) groups excluding carboxylic acids is 3. The first-order valence-electron chi connectivity index (χ1n) is 9.35. The van der Waals surface area contributed by atoms with Crippen LogP contribution in [-0.2, 0) is 9.59 Å². The summed E-state index contributed by atoms with van der Waals surface area (Å²) in [6, 6.07) is 18.2. The molecule has 0 unspecified atom stereocenters. The van der Waals surface area contributed by atoms with Crippen LogP contribution in [0.25, 0.3) is 16.8 Å². The Morgan fingerprint density at radius 1 is 1.03 bits per heavy atom. The van der Waals surface area contributed by atoms with Crippen LogP contribution in [0.15, 0.2) is 65.6 Å². The molecule has 1 aliphatic heterocycles. The maximum Gasteiger partial charge on any atom is 0.290 e. The number of hydrogen-bond donors (Lipinski definition) is 2. The highest BCUT2D eigenvalue weighted by molar-refractivity contribution is 8.18. The first kappa shape index (κ1) is 20.5. The quantitative estimate of drug-likeness (QED) is 0.565. The lowest BCUT2D eigenvalue weighted by molar-refractivity contribution is -0.118. The highest BCUT2D eigenvalue weighted by atomic mass is 32.2. The third kappa shape index (κ3) is 5.04. The van der Waals surface area contributed by atoms with Crippen molar-refractivity contribution in [2.24, 2.45) is 0 Å². The third-order valence-corrected chi connectivity index (χ3v) is 5.31. The Morgan fingerprint density at radius 2 is 1.84 bits per heavy atom. The monoisotopic (exact) mass is 434 g/mol. The maximum atomic E-state index is 12.2. The summed E-state index contributed by atoms with van der Waals surface area (Å²) in [4.78, 5) is 35.5. The summed E-state index contributed by atoms with van der Waals surface area (Å²) in [5.41, 5.74) is 1.44. The number of fused-ring (bicyclic) bond motifs is 1. The number of hydrogen-bond acceptors (Lipinski definition) is 6. The minimum Gasteiger partial charge on any atom is -0.497 e. The van der Waals surface area contributed by atoms with Crippen LogP contribution in [0, 0.1) is 0 Å². The Morgan fingerprint density at radius 3 is 2.61 bits per heavy atom. The minimum atomic E-state index is -0.383. The fourth-order valence-electron chi connectivity index (χ4n) is 3.04. The van der Waals surface area contributed by atoms with Gasteiger partial charge in [-0.15, -0.1) is 0 Å².